The first-order chi connectivity index (χ1) is 9.16. The number of rotatable bonds is 10. The van der Waals surface area contributed by atoms with Crippen molar-refractivity contribution in [2.45, 2.75) is 71.6 Å². The summed E-state index contributed by atoms with van der Waals surface area (Å²) < 4.78 is 0. The highest BCUT2D eigenvalue weighted by molar-refractivity contribution is 7.12. The minimum atomic E-state index is -0.287. The van der Waals surface area contributed by atoms with Crippen LogP contribution in [0, 0.1) is 6.92 Å². The molecule has 108 valence electrons. The second-order valence-electron chi connectivity index (χ2n) is 5.30. The van der Waals surface area contributed by atoms with Gasteiger partial charge in [-0.2, -0.15) is 0 Å². The van der Waals surface area contributed by atoms with Crippen LogP contribution in [0.4, 0.5) is 0 Å². The molecule has 2 N–H and O–H groups in total. The van der Waals surface area contributed by atoms with Gasteiger partial charge in [0.2, 0.25) is 0 Å². The first-order valence-electron chi connectivity index (χ1n) is 7.53. The van der Waals surface area contributed by atoms with Gasteiger partial charge in [0.25, 0.3) is 5.91 Å². The van der Waals surface area contributed by atoms with Gasteiger partial charge in [-0.3, -0.25) is 4.79 Å². The Hall–Kier alpha value is -0.830. The zero-order valence-corrected chi connectivity index (χ0v) is 13.2. The number of hydrogen-bond donors (Lipinski definition) is 1. The molecule has 0 unspecified atom stereocenters. The number of carbonyl (C=O) groups is 1. The third kappa shape index (κ3) is 5.77. The maximum Gasteiger partial charge on any atom is 0.259 e. The normalized spacial score (nSPS) is 10.8. The molecule has 0 radical (unpaired) electrons. The molecule has 0 bridgehead atoms. The van der Waals surface area contributed by atoms with Crippen molar-refractivity contribution in [3.05, 3.63) is 21.4 Å². The van der Waals surface area contributed by atoms with Crippen LogP contribution in [0.15, 0.2) is 5.38 Å². The van der Waals surface area contributed by atoms with Crippen molar-refractivity contribution in [3.63, 3.8) is 0 Å². The Balaban J connectivity index is 2.14. The lowest BCUT2D eigenvalue weighted by Gasteiger charge is -2.02. The standard InChI is InChI=1S/C16H27NOS/c1-3-4-5-6-7-8-9-10-11-14-12-19-15(13(14)2)16(17)18/h12H,3-11H2,1-2H3,(H2,17,18). The van der Waals surface area contributed by atoms with E-state index in [0.29, 0.717) is 0 Å². The van der Waals surface area contributed by atoms with Crippen molar-refractivity contribution < 1.29 is 4.79 Å². The van der Waals surface area contributed by atoms with Gasteiger partial charge in [0.1, 0.15) is 0 Å². The highest BCUT2D eigenvalue weighted by atomic mass is 32.1. The lowest BCUT2D eigenvalue weighted by atomic mass is 10.0. The molecule has 1 rings (SSSR count). The van der Waals surface area contributed by atoms with Gasteiger partial charge in [0, 0.05) is 0 Å². The highest BCUT2D eigenvalue weighted by Crippen LogP contribution is 2.23. The number of aryl methyl sites for hydroxylation is 1. The molecular weight excluding hydrogens is 254 g/mol. The lowest BCUT2D eigenvalue weighted by molar-refractivity contribution is 0.100. The van der Waals surface area contributed by atoms with Crippen LogP contribution in [0.2, 0.25) is 0 Å². The average Bonchev–Trinajstić information content (AvgIpc) is 2.74. The summed E-state index contributed by atoms with van der Waals surface area (Å²) in [5, 5.41) is 2.09. The smallest absolute Gasteiger partial charge is 0.259 e. The van der Waals surface area contributed by atoms with Gasteiger partial charge in [-0.15, -0.1) is 11.3 Å². The molecule has 0 atom stereocenters. The predicted molar refractivity (Wildman–Crippen MR) is 83.9 cm³/mol. The third-order valence-corrected chi connectivity index (χ3v) is 4.81. The monoisotopic (exact) mass is 281 g/mol. The molecule has 1 heterocycles. The van der Waals surface area contributed by atoms with Crippen molar-refractivity contribution in [1.29, 1.82) is 0 Å². The number of hydrogen-bond acceptors (Lipinski definition) is 2. The Kier molecular flexibility index (Phi) is 7.80. The van der Waals surface area contributed by atoms with E-state index in [4.69, 9.17) is 5.73 Å². The molecule has 2 nitrogen and oxygen atoms in total. The van der Waals surface area contributed by atoms with Crippen LogP contribution in [-0.2, 0) is 6.42 Å². The Morgan fingerprint density at radius 3 is 2.21 bits per heavy atom. The van der Waals surface area contributed by atoms with E-state index in [-0.39, 0.29) is 5.91 Å². The van der Waals surface area contributed by atoms with Crippen LogP contribution in [0.5, 0.6) is 0 Å². The molecule has 3 heteroatoms. The van der Waals surface area contributed by atoms with Crippen molar-refractivity contribution in [3.8, 4) is 0 Å². The van der Waals surface area contributed by atoms with E-state index < -0.39 is 0 Å². The largest absolute Gasteiger partial charge is 0.365 e. The molecule has 0 fully saturated rings. The second-order valence-corrected chi connectivity index (χ2v) is 6.18. The summed E-state index contributed by atoms with van der Waals surface area (Å²) >= 11 is 1.49. The summed E-state index contributed by atoms with van der Waals surface area (Å²) in [7, 11) is 0. The molecule has 0 aliphatic carbocycles. The second kappa shape index (κ2) is 9.13. The van der Waals surface area contributed by atoms with Crippen LogP contribution >= 0.6 is 11.3 Å². The van der Waals surface area contributed by atoms with Crippen molar-refractivity contribution in [2.75, 3.05) is 0 Å². The zero-order valence-electron chi connectivity index (χ0n) is 12.3. The van der Waals surface area contributed by atoms with Crippen LogP contribution in [0.1, 0.15) is 79.1 Å². The molecule has 0 saturated carbocycles. The minimum absolute atomic E-state index is 0.287. The number of primary amides is 1. The van der Waals surface area contributed by atoms with Gasteiger partial charge in [0.05, 0.1) is 4.88 Å². The lowest BCUT2D eigenvalue weighted by Crippen LogP contribution is -2.10. The number of unbranched alkanes of at least 4 members (excludes halogenated alkanes) is 7. The van der Waals surface area contributed by atoms with E-state index in [1.807, 2.05) is 6.92 Å². The quantitative estimate of drug-likeness (QED) is 0.613. The summed E-state index contributed by atoms with van der Waals surface area (Å²) in [5.41, 5.74) is 7.74. The number of nitrogens with two attached hydrogens (primary N) is 1. The molecule has 1 aromatic rings. The first-order valence-corrected chi connectivity index (χ1v) is 8.41. The maximum absolute atomic E-state index is 11.2. The van der Waals surface area contributed by atoms with Crippen molar-refractivity contribution in [2.24, 2.45) is 5.73 Å². The van der Waals surface area contributed by atoms with Gasteiger partial charge in [-0.25, -0.2) is 0 Å². The van der Waals surface area contributed by atoms with E-state index in [2.05, 4.69) is 12.3 Å². The fourth-order valence-electron chi connectivity index (χ4n) is 2.39. The van der Waals surface area contributed by atoms with Gasteiger partial charge in [0.15, 0.2) is 0 Å². The molecule has 1 amide bonds. The predicted octanol–water partition coefficient (Wildman–Crippen LogP) is 4.84. The maximum atomic E-state index is 11.2. The minimum Gasteiger partial charge on any atom is -0.365 e. The topological polar surface area (TPSA) is 43.1 Å². The van der Waals surface area contributed by atoms with Crippen LogP contribution < -0.4 is 5.73 Å². The first kappa shape index (κ1) is 16.2. The average molecular weight is 281 g/mol. The molecule has 0 aromatic carbocycles. The molecule has 0 saturated heterocycles. The zero-order chi connectivity index (χ0) is 14.1. The summed E-state index contributed by atoms with van der Waals surface area (Å²) in [6, 6.07) is 0. The van der Waals surface area contributed by atoms with Gasteiger partial charge in [-0.05, 0) is 36.3 Å². The van der Waals surface area contributed by atoms with Gasteiger partial charge >= 0.3 is 0 Å². The van der Waals surface area contributed by atoms with Crippen LogP contribution in [0.25, 0.3) is 0 Å². The Morgan fingerprint density at radius 2 is 1.68 bits per heavy atom. The molecule has 0 spiro atoms. The molecule has 0 aliphatic heterocycles. The summed E-state index contributed by atoms with van der Waals surface area (Å²) in [6.45, 7) is 4.26. The van der Waals surface area contributed by atoms with Crippen LogP contribution in [0.3, 0.4) is 0 Å². The Bertz CT molecular complexity index is 384. The van der Waals surface area contributed by atoms with E-state index >= 15 is 0 Å². The number of thiophene rings is 1. The summed E-state index contributed by atoms with van der Waals surface area (Å²) in [4.78, 5) is 11.9. The Labute approximate surface area is 121 Å². The van der Waals surface area contributed by atoms with Crippen LogP contribution in [-0.4, -0.2) is 5.91 Å². The SMILES string of the molecule is CCCCCCCCCCc1csc(C(N)=O)c1C. The molecular formula is C16H27NOS. The van der Waals surface area contributed by atoms with Crippen molar-refractivity contribution in [1.82, 2.24) is 0 Å². The van der Waals surface area contributed by atoms with E-state index in [0.717, 1.165) is 16.9 Å². The Morgan fingerprint density at radius 1 is 1.11 bits per heavy atom. The van der Waals surface area contributed by atoms with E-state index in [9.17, 15) is 4.79 Å². The molecule has 1 aromatic heterocycles. The molecule has 0 aliphatic rings. The fourth-order valence-corrected chi connectivity index (χ4v) is 3.37. The van der Waals surface area contributed by atoms with Gasteiger partial charge in [-0.1, -0.05) is 51.9 Å². The third-order valence-electron chi connectivity index (χ3n) is 3.66. The van der Waals surface area contributed by atoms with E-state index in [1.54, 1.807) is 0 Å². The summed E-state index contributed by atoms with van der Waals surface area (Å²) in [6.07, 6.45) is 11.8. The van der Waals surface area contributed by atoms with Gasteiger partial charge < -0.3 is 5.73 Å². The van der Waals surface area contributed by atoms with E-state index in [1.165, 1.54) is 68.3 Å². The highest BCUT2D eigenvalue weighted by Gasteiger charge is 2.11. The number of amides is 1. The van der Waals surface area contributed by atoms with Crippen molar-refractivity contribution >= 4 is 17.2 Å². The molecule has 19 heavy (non-hydrogen) atoms. The fraction of sp³-hybridized carbons (Fsp3) is 0.688. The summed E-state index contributed by atoms with van der Waals surface area (Å²) in [5.74, 6) is -0.287. The number of carbonyl (C=O) groups excluding carboxylic acids is 1.